The molecule has 0 atom stereocenters. The lowest BCUT2D eigenvalue weighted by molar-refractivity contribution is -0.384. The Morgan fingerprint density at radius 2 is 1.97 bits per heavy atom. The number of nitrogens with one attached hydrogen (secondary N) is 1. The third kappa shape index (κ3) is 4.12. The summed E-state index contributed by atoms with van der Waals surface area (Å²) in [6.07, 6.45) is 3.70. The van der Waals surface area contributed by atoms with Crippen molar-refractivity contribution in [3.63, 3.8) is 0 Å². The summed E-state index contributed by atoms with van der Waals surface area (Å²) in [5, 5.41) is 16.1. The van der Waals surface area contributed by atoms with Gasteiger partial charge >= 0.3 is 0 Å². The first kappa shape index (κ1) is 22.6. The number of hydrogen-bond donors (Lipinski definition) is 1. The van der Waals surface area contributed by atoms with Crippen LogP contribution in [0.3, 0.4) is 0 Å². The zero-order valence-electron chi connectivity index (χ0n) is 20.1. The van der Waals surface area contributed by atoms with E-state index < -0.39 is 0 Å². The predicted molar refractivity (Wildman–Crippen MR) is 137 cm³/mol. The number of methoxy groups -OCH3 is 1. The van der Waals surface area contributed by atoms with Crippen molar-refractivity contribution in [2.24, 2.45) is 7.05 Å². The number of anilines is 3. The number of benzene rings is 2. The van der Waals surface area contributed by atoms with Crippen LogP contribution < -0.4 is 15.0 Å². The minimum atomic E-state index is -0.365. The molecule has 0 amide bonds. The summed E-state index contributed by atoms with van der Waals surface area (Å²) >= 11 is 0. The van der Waals surface area contributed by atoms with E-state index in [4.69, 9.17) is 4.74 Å². The normalized spacial score (nSPS) is 13.8. The minimum Gasteiger partial charge on any atom is -0.494 e. The molecule has 1 saturated heterocycles. The van der Waals surface area contributed by atoms with Crippen molar-refractivity contribution >= 4 is 33.9 Å². The molecule has 0 aliphatic carbocycles. The Bertz CT molecular complexity index is 1410. The molecule has 1 aliphatic rings. The SMILES string of the molecule is COc1cc(N2CC(N(C)C)C2)c([N+](=O)[O-])cc1Nc1nccc(-c2cn(C)c3ccccc23)n1. The van der Waals surface area contributed by atoms with Gasteiger partial charge in [0.25, 0.3) is 5.69 Å². The van der Waals surface area contributed by atoms with Gasteiger partial charge in [-0.1, -0.05) is 18.2 Å². The van der Waals surface area contributed by atoms with E-state index in [9.17, 15) is 10.1 Å². The molecule has 180 valence electrons. The summed E-state index contributed by atoms with van der Waals surface area (Å²) in [6, 6.07) is 13.5. The van der Waals surface area contributed by atoms with Crippen molar-refractivity contribution in [3.05, 3.63) is 65.0 Å². The van der Waals surface area contributed by atoms with E-state index in [-0.39, 0.29) is 10.6 Å². The van der Waals surface area contributed by atoms with E-state index in [1.165, 1.54) is 6.07 Å². The molecule has 1 fully saturated rings. The van der Waals surface area contributed by atoms with E-state index in [2.05, 4.69) is 36.9 Å². The third-order valence-corrected chi connectivity index (χ3v) is 6.50. The maximum atomic E-state index is 11.9. The summed E-state index contributed by atoms with van der Waals surface area (Å²) in [6.45, 7) is 1.44. The van der Waals surface area contributed by atoms with Crippen LogP contribution in [0.2, 0.25) is 0 Å². The van der Waals surface area contributed by atoms with E-state index in [1.54, 1.807) is 19.4 Å². The van der Waals surface area contributed by atoms with E-state index >= 15 is 0 Å². The highest BCUT2D eigenvalue weighted by atomic mass is 16.6. The monoisotopic (exact) mass is 473 g/mol. The fraction of sp³-hybridized carbons (Fsp3) is 0.280. The van der Waals surface area contributed by atoms with Gasteiger partial charge in [0, 0.05) is 67.2 Å². The van der Waals surface area contributed by atoms with Gasteiger partial charge in [-0.3, -0.25) is 10.1 Å². The van der Waals surface area contributed by atoms with E-state index in [0.717, 1.165) is 35.2 Å². The summed E-state index contributed by atoms with van der Waals surface area (Å²) in [4.78, 5) is 24.7. The van der Waals surface area contributed by atoms with Crippen molar-refractivity contribution in [1.29, 1.82) is 0 Å². The maximum absolute atomic E-state index is 11.9. The molecule has 2 aromatic carbocycles. The highest BCUT2D eigenvalue weighted by molar-refractivity contribution is 5.95. The lowest BCUT2D eigenvalue weighted by Gasteiger charge is -2.44. The molecule has 1 aliphatic heterocycles. The molecule has 10 nitrogen and oxygen atoms in total. The molecule has 2 aromatic heterocycles. The van der Waals surface area contributed by atoms with Gasteiger partial charge in [0.1, 0.15) is 11.4 Å². The van der Waals surface area contributed by atoms with Gasteiger partial charge in [0.15, 0.2) is 0 Å². The van der Waals surface area contributed by atoms with E-state index in [0.29, 0.717) is 29.1 Å². The van der Waals surface area contributed by atoms with Gasteiger partial charge in [-0.2, -0.15) is 0 Å². The van der Waals surface area contributed by atoms with Gasteiger partial charge in [-0.05, 0) is 26.2 Å². The topological polar surface area (TPSA) is 102 Å². The Hall–Kier alpha value is -4.18. The summed E-state index contributed by atoms with van der Waals surface area (Å²) in [5.41, 5.74) is 3.82. The Morgan fingerprint density at radius 3 is 2.69 bits per heavy atom. The number of fused-ring (bicyclic) bond motifs is 1. The Kier molecular flexibility index (Phi) is 5.73. The number of likely N-dealkylation sites (N-methyl/N-ethyl adjacent to an activating group) is 1. The molecular formula is C25H27N7O3. The van der Waals surface area contributed by atoms with Crippen molar-refractivity contribution in [2.45, 2.75) is 6.04 Å². The van der Waals surface area contributed by atoms with Crippen LogP contribution in [-0.4, -0.2) is 64.7 Å². The Labute approximate surface area is 202 Å². The second-order valence-corrected chi connectivity index (χ2v) is 8.88. The number of nitro groups is 1. The molecule has 3 heterocycles. The number of para-hydroxylation sites is 1. The quantitative estimate of drug-likeness (QED) is 0.317. The van der Waals surface area contributed by atoms with Gasteiger partial charge in [0.2, 0.25) is 5.95 Å². The summed E-state index contributed by atoms with van der Waals surface area (Å²) in [5.74, 6) is 0.811. The number of aromatic nitrogens is 3. The second kappa shape index (κ2) is 8.88. The fourth-order valence-electron chi connectivity index (χ4n) is 4.44. The average Bonchev–Trinajstić information content (AvgIpc) is 3.15. The van der Waals surface area contributed by atoms with Crippen LogP contribution in [0.15, 0.2) is 54.9 Å². The predicted octanol–water partition coefficient (Wildman–Crippen LogP) is 4.05. The number of rotatable bonds is 7. The molecule has 5 rings (SSSR count). The van der Waals surface area contributed by atoms with Crippen molar-refractivity contribution in [1.82, 2.24) is 19.4 Å². The fourth-order valence-corrected chi connectivity index (χ4v) is 4.44. The molecule has 0 saturated carbocycles. The lowest BCUT2D eigenvalue weighted by Crippen LogP contribution is -2.57. The highest BCUT2D eigenvalue weighted by Crippen LogP contribution is 2.41. The smallest absolute Gasteiger partial charge is 0.294 e. The summed E-state index contributed by atoms with van der Waals surface area (Å²) in [7, 11) is 7.56. The summed E-state index contributed by atoms with van der Waals surface area (Å²) < 4.78 is 7.64. The van der Waals surface area contributed by atoms with Crippen LogP contribution in [0.4, 0.5) is 23.0 Å². The maximum Gasteiger partial charge on any atom is 0.294 e. The van der Waals surface area contributed by atoms with Gasteiger partial charge in [-0.25, -0.2) is 9.97 Å². The van der Waals surface area contributed by atoms with Crippen molar-refractivity contribution < 1.29 is 9.66 Å². The Morgan fingerprint density at radius 1 is 1.20 bits per heavy atom. The zero-order chi connectivity index (χ0) is 24.7. The van der Waals surface area contributed by atoms with Gasteiger partial charge in [0.05, 0.1) is 23.4 Å². The molecule has 1 N–H and O–H groups in total. The number of ether oxygens (including phenoxy) is 1. The first-order chi connectivity index (χ1) is 16.9. The van der Waals surface area contributed by atoms with Gasteiger partial charge < -0.3 is 24.4 Å². The molecule has 35 heavy (non-hydrogen) atoms. The minimum absolute atomic E-state index is 0.00992. The van der Waals surface area contributed by atoms with Crippen molar-refractivity contribution in [2.75, 3.05) is 44.5 Å². The first-order valence-electron chi connectivity index (χ1n) is 11.3. The number of aryl methyl sites for hydroxylation is 1. The standard InChI is InChI=1S/C25H27N7O3/c1-29(2)16-13-31(14-16)22-12-24(35-4)20(11-23(22)32(33)34)28-25-26-10-9-19(27-25)18-15-30(3)21-8-6-5-7-17(18)21/h5-12,15-16H,13-14H2,1-4H3,(H,26,27,28). The van der Waals surface area contributed by atoms with Crippen molar-refractivity contribution in [3.8, 4) is 17.0 Å². The highest BCUT2D eigenvalue weighted by Gasteiger charge is 2.33. The van der Waals surface area contributed by atoms with E-state index in [1.807, 2.05) is 50.4 Å². The zero-order valence-corrected chi connectivity index (χ0v) is 20.1. The molecule has 0 bridgehead atoms. The third-order valence-electron chi connectivity index (χ3n) is 6.50. The van der Waals surface area contributed by atoms with Crippen LogP contribution in [0.25, 0.3) is 22.2 Å². The second-order valence-electron chi connectivity index (χ2n) is 8.88. The molecule has 4 aromatic rings. The molecule has 0 radical (unpaired) electrons. The number of nitro benzene ring substituents is 1. The number of hydrogen-bond acceptors (Lipinski definition) is 8. The average molecular weight is 474 g/mol. The number of nitrogens with zero attached hydrogens (tertiary/aromatic N) is 6. The van der Waals surface area contributed by atoms with Crippen LogP contribution in [0.5, 0.6) is 5.75 Å². The van der Waals surface area contributed by atoms with Crippen LogP contribution >= 0.6 is 0 Å². The lowest BCUT2D eigenvalue weighted by atomic mass is 10.1. The Balaban J connectivity index is 1.48. The molecule has 0 spiro atoms. The van der Waals surface area contributed by atoms with Crippen LogP contribution in [-0.2, 0) is 7.05 Å². The van der Waals surface area contributed by atoms with Gasteiger partial charge in [-0.15, -0.1) is 0 Å². The van der Waals surface area contributed by atoms with Crippen LogP contribution in [0.1, 0.15) is 0 Å². The molecule has 0 unspecified atom stereocenters. The first-order valence-corrected chi connectivity index (χ1v) is 11.3. The largest absolute Gasteiger partial charge is 0.494 e. The van der Waals surface area contributed by atoms with Crippen LogP contribution in [0, 0.1) is 10.1 Å². The molecular weight excluding hydrogens is 446 g/mol. The molecule has 10 heteroatoms.